The van der Waals surface area contributed by atoms with Gasteiger partial charge >= 0.3 is 5.69 Å². The van der Waals surface area contributed by atoms with Gasteiger partial charge in [0.25, 0.3) is 5.56 Å². The van der Waals surface area contributed by atoms with E-state index in [1.165, 1.54) is 11.5 Å². The maximum atomic E-state index is 13.0. The van der Waals surface area contributed by atoms with Crippen LogP contribution in [0.15, 0.2) is 9.59 Å². The zero-order valence-electron chi connectivity index (χ0n) is 15.7. The highest BCUT2D eigenvalue weighted by Gasteiger charge is 2.22. The van der Waals surface area contributed by atoms with Crippen LogP contribution in [0.1, 0.15) is 24.7 Å². The average Bonchev–Trinajstić information content (AvgIpc) is 3.08. The zero-order chi connectivity index (χ0) is 19.2. The van der Waals surface area contributed by atoms with E-state index >= 15 is 0 Å². The number of Topliss-reactive ketones (excluding diaryl/α,β-unsaturated/α-hetero) is 1. The third kappa shape index (κ3) is 2.59. The van der Waals surface area contributed by atoms with Crippen molar-refractivity contribution in [3.05, 3.63) is 32.2 Å². The standard InChI is InChI=1S/C17H23N5O4/c1-10(23)9-21-15(24)13-14(19(4)17(21)25)18-16-20(7-6-8-26-5)11(2)12(3)22(13)16/h6-9H2,1-5H3. The molecule has 0 spiro atoms. The summed E-state index contributed by atoms with van der Waals surface area (Å²) in [6, 6.07) is 0. The Bertz CT molecular complexity index is 1130. The summed E-state index contributed by atoms with van der Waals surface area (Å²) < 4.78 is 11.2. The molecule has 0 aromatic carbocycles. The first-order chi connectivity index (χ1) is 12.3. The fraction of sp³-hybridized carbons (Fsp3) is 0.529. The normalized spacial score (nSPS) is 11.7. The molecule has 0 aliphatic carbocycles. The van der Waals surface area contributed by atoms with Crippen molar-refractivity contribution >= 4 is 22.7 Å². The van der Waals surface area contributed by atoms with E-state index in [-0.39, 0.29) is 12.3 Å². The van der Waals surface area contributed by atoms with Crippen LogP contribution in [0, 0.1) is 13.8 Å². The van der Waals surface area contributed by atoms with E-state index in [0.29, 0.717) is 30.1 Å². The smallest absolute Gasteiger partial charge is 0.332 e. The number of nitrogens with zero attached hydrogens (tertiary/aromatic N) is 5. The molecule has 0 saturated carbocycles. The van der Waals surface area contributed by atoms with Gasteiger partial charge in [-0.25, -0.2) is 4.79 Å². The molecule has 0 aliphatic rings. The molecule has 9 heteroatoms. The number of carbonyl (C=O) groups excluding carboxylic acids is 1. The maximum absolute atomic E-state index is 13.0. The minimum atomic E-state index is -0.543. The van der Waals surface area contributed by atoms with Crippen molar-refractivity contribution in [2.24, 2.45) is 7.05 Å². The molecule has 26 heavy (non-hydrogen) atoms. The van der Waals surface area contributed by atoms with Gasteiger partial charge in [-0.1, -0.05) is 0 Å². The number of hydrogen-bond acceptors (Lipinski definition) is 5. The molecule has 0 unspecified atom stereocenters. The summed E-state index contributed by atoms with van der Waals surface area (Å²) in [7, 11) is 3.21. The molecular weight excluding hydrogens is 338 g/mol. The summed E-state index contributed by atoms with van der Waals surface area (Å²) in [5.41, 5.74) is 1.47. The molecule has 0 fully saturated rings. The predicted molar refractivity (Wildman–Crippen MR) is 96.8 cm³/mol. The molecular formula is C17H23N5O4. The van der Waals surface area contributed by atoms with Crippen LogP contribution in [0.2, 0.25) is 0 Å². The number of aryl methyl sites for hydroxylation is 3. The molecule has 140 valence electrons. The van der Waals surface area contributed by atoms with Gasteiger partial charge in [0.1, 0.15) is 5.78 Å². The van der Waals surface area contributed by atoms with Crippen molar-refractivity contribution in [2.75, 3.05) is 13.7 Å². The zero-order valence-corrected chi connectivity index (χ0v) is 15.7. The molecule has 3 heterocycles. The Morgan fingerprint density at radius 3 is 2.46 bits per heavy atom. The van der Waals surface area contributed by atoms with E-state index in [4.69, 9.17) is 4.74 Å². The van der Waals surface area contributed by atoms with Gasteiger partial charge in [-0.05, 0) is 27.2 Å². The summed E-state index contributed by atoms with van der Waals surface area (Å²) in [5, 5.41) is 0. The molecule has 3 aromatic rings. The van der Waals surface area contributed by atoms with Crippen LogP contribution in [0.25, 0.3) is 16.9 Å². The second-order valence-corrected chi connectivity index (χ2v) is 6.52. The Morgan fingerprint density at radius 2 is 1.85 bits per heavy atom. The topological polar surface area (TPSA) is 92.5 Å². The summed E-state index contributed by atoms with van der Waals surface area (Å²) in [4.78, 5) is 41.5. The summed E-state index contributed by atoms with van der Waals surface area (Å²) in [5.74, 6) is 0.355. The van der Waals surface area contributed by atoms with Crippen molar-refractivity contribution in [1.29, 1.82) is 0 Å². The van der Waals surface area contributed by atoms with Crippen LogP contribution in [0.3, 0.4) is 0 Å². The SMILES string of the molecule is COCCCn1c(C)c(C)n2c3c(=O)n(CC(C)=O)c(=O)n(C)c3nc12. The Kier molecular flexibility index (Phi) is 4.57. The minimum Gasteiger partial charge on any atom is -0.385 e. The number of rotatable bonds is 6. The van der Waals surface area contributed by atoms with Crippen LogP contribution in [-0.2, 0) is 29.7 Å². The van der Waals surface area contributed by atoms with Gasteiger partial charge in [0.2, 0.25) is 5.78 Å². The maximum Gasteiger partial charge on any atom is 0.332 e. The molecule has 0 saturated heterocycles. The second kappa shape index (κ2) is 6.56. The van der Waals surface area contributed by atoms with E-state index in [9.17, 15) is 14.4 Å². The molecule has 3 aromatic heterocycles. The number of imidazole rings is 2. The molecule has 3 rings (SSSR count). The Balaban J connectivity index is 2.37. The van der Waals surface area contributed by atoms with Crippen LogP contribution >= 0.6 is 0 Å². The number of aromatic nitrogens is 5. The van der Waals surface area contributed by atoms with E-state index in [2.05, 4.69) is 4.98 Å². The highest BCUT2D eigenvalue weighted by Crippen LogP contribution is 2.20. The first-order valence-electron chi connectivity index (χ1n) is 8.45. The molecule has 0 bridgehead atoms. The van der Waals surface area contributed by atoms with E-state index in [1.807, 2.05) is 18.4 Å². The van der Waals surface area contributed by atoms with Crippen LogP contribution in [-0.4, -0.2) is 42.6 Å². The van der Waals surface area contributed by atoms with E-state index < -0.39 is 11.2 Å². The third-order valence-electron chi connectivity index (χ3n) is 4.74. The number of hydrogen-bond donors (Lipinski definition) is 0. The van der Waals surface area contributed by atoms with Gasteiger partial charge in [-0.15, -0.1) is 0 Å². The first-order valence-corrected chi connectivity index (χ1v) is 8.45. The first kappa shape index (κ1) is 18.1. The summed E-state index contributed by atoms with van der Waals surface area (Å²) in [6.07, 6.45) is 0.803. The number of fused-ring (bicyclic) bond motifs is 3. The van der Waals surface area contributed by atoms with Crippen molar-refractivity contribution in [3.8, 4) is 0 Å². The monoisotopic (exact) mass is 361 g/mol. The van der Waals surface area contributed by atoms with Crippen molar-refractivity contribution in [2.45, 2.75) is 40.3 Å². The van der Waals surface area contributed by atoms with Gasteiger partial charge in [0.15, 0.2) is 11.2 Å². The predicted octanol–water partition coefficient (Wildman–Crippen LogP) is 0.392. The number of carbonyl (C=O) groups is 1. The second-order valence-electron chi connectivity index (χ2n) is 6.52. The number of methoxy groups -OCH3 is 1. The fourth-order valence-electron chi connectivity index (χ4n) is 3.31. The van der Waals surface area contributed by atoms with Gasteiger partial charge in [0.05, 0.1) is 6.54 Å². The fourth-order valence-corrected chi connectivity index (χ4v) is 3.31. The van der Waals surface area contributed by atoms with Crippen molar-refractivity contribution in [1.82, 2.24) is 23.1 Å². The van der Waals surface area contributed by atoms with Crippen LogP contribution in [0.4, 0.5) is 0 Å². The van der Waals surface area contributed by atoms with Crippen LogP contribution in [0.5, 0.6) is 0 Å². The number of ether oxygens (including phenoxy) is 1. The summed E-state index contributed by atoms with van der Waals surface area (Å²) >= 11 is 0. The van der Waals surface area contributed by atoms with Gasteiger partial charge in [-0.3, -0.25) is 23.1 Å². The molecule has 0 atom stereocenters. The lowest BCUT2D eigenvalue weighted by molar-refractivity contribution is -0.117. The van der Waals surface area contributed by atoms with E-state index in [1.54, 1.807) is 18.6 Å². The molecule has 0 radical (unpaired) electrons. The Hall–Kier alpha value is -2.68. The lowest BCUT2D eigenvalue weighted by atomic mass is 10.3. The van der Waals surface area contributed by atoms with Gasteiger partial charge in [0, 0.05) is 38.7 Å². The minimum absolute atomic E-state index is 0.249. The molecule has 0 amide bonds. The largest absolute Gasteiger partial charge is 0.385 e. The summed E-state index contributed by atoms with van der Waals surface area (Å²) in [6.45, 7) is 6.29. The Labute approximate surface area is 149 Å². The number of ketones is 1. The third-order valence-corrected chi connectivity index (χ3v) is 4.74. The highest BCUT2D eigenvalue weighted by atomic mass is 16.5. The highest BCUT2D eigenvalue weighted by molar-refractivity contribution is 5.78. The van der Waals surface area contributed by atoms with Crippen molar-refractivity contribution in [3.63, 3.8) is 0 Å². The van der Waals surface area contributed by atoms with Gasteiger partial charge in [-0.2, -0.15) is 4.98 Å². The lowest BCUT2D eigenvalue weighted by Crippen LogP contribution is -2.40. The lowest BCUT2D eigenvalue weighted by Gasteiger charge is -2.07. The van der Waals surface area contributed by atoms with Crippen molar-refractivity contribution < 1.29 is 9.53 Å². The molecule has 0 aliphatic heterocycles. The molecule has 0 N–H and O–H groups in total. The molecule has 9 nitrogen and oxygen atoms in total. The average molecular weight is 361 g/mol. The Morgan fingerprint density at radius 1 is 1.15 bits per heavy atom. The van der Waals surface area contributed by atoms with Gasteiger partial charge < -0.3 is 9.30 Å². The quantitative estimate of drug-likeness (QED) is 0.592. The van der Waals surface area contributed by atoms with Crippen LogP contribution < -0.4 is 11.2 Å². The van der Waals surface area contributed by atoms with E-state index in [0.717, 1.165) is 22.4 Å².